The predicted octanol–water partition coefficient (Wildman–Crippen LogP) is 4.71. The van der Waals surface area contributed by atoms with Gasteiger partial charge in [-0.1, -0.05) is 41.9 Å². The van der Waals surface area contributed by atoms with Crippen LogP contribution in [0.25, 0.3) is 11.3 Å². The molecule has 2 aromatic carbocycles. The van der Waals surface area contributed by atoms with E-state index in [9.17, 15) is 14.0 Å². The van der Waals surface area contributed by atoms with Gasteiger partial charge in [-0.2, -0.15) is 0 Å². The number of nitrogens with zero attached hydrogens (tertiary/aromatic N) is 1. The highest BCUT2D eigenvalue weighted by molar-refractivity contribution is 6.33. The molecule has 0 unspecified atom stereocenters. The molecule has 3 rings (SSSR count). The van der Waals surface area contributed by atoms with Crippen LogP contribution in [0.3, 0.4) is 0 Å². The molecule has 0 atom stereocenters. The molecule has 0 aliphatic heterocycles. The second-order valence-corrected chi connectivity index (χ2v) is 7.07. The summed E-state index contributed by atoms with van der Waals surface area (Å²) in [5.41, 5.74) is 2.51. The SMILES string of the molecule is Cc1ccc(Cl)c(-c2cc(F)cc(C(=O)NCCC(=O)OCc3ccccc3)c2)n1. The molecule has 0 radical (unpaired) electrons. The van der Waals surface area contributed by atoms with Crippen molar-refractivity contribution in [2.75, 3.05) is 6.54 Å². The van der Waals surface area contributed by atoms with Crippen LogP contribution in [0.2, 0.25) is 5.02 Å². The van der Waals surface area contributed by atoms with Gasteiger partial charge in [0.25, 0.3) is 5.91 Å². The number of esters is 1. The van der Waals surface area contributed by atoms with Crippen LogP contribution >= 0.6 is 11.6 Å². The van der Waals surface area contributed by atoms with E-state index in [1.807, 2.05) is 30.3 Å². The van der Waals surface area contributed by atoms with Crippen LogP contribution in [0.4, 0.5) is 4.39 Å². The number of rotatable bonds is 7. The molecule has 1 N–H and O–H groups in total. The molecule has 154 valence electrons. The summed E-state index contributed by atoms with van der Waals surface area (Å²) in [6.07, 6.45) is 0.00596. The van der Waals surface area contributed by atoms with Gasteiger partial charge in [0, 0.05) is 23.4 Å². The number of ether oxygens (including phenoxy) is 1. The van der Waals surface area contributed by atoms with Gasteiger partial charge in [-0.25, -0.2) is 4.39 Å². The number of aromatic nitrogens is 1. The van der Waals surface area contributed by atoms with Crippen molar-refractivity contribution in [2.45, 2.75) is 20.0 Å². The Morgan fingerprint density at radius 3 is 2.63 bits per heavy atom. The third kappa shape index (κ3) is 5.87. The van der Waals surface area contributed by atoms with E-state index in [0.717, 1.165) is 17.3 Å². The summed E-state index contributed by atoms with van der Waals surface area (Å²) in [7, 11) is 0. The van der Waals surface area contributed by atoms with Crippen molar-refractivity contribution in [3.63, 3.8) is 0 Å². The number of carbonyl (C=O) groups excluding carboxylic acids is 2. The number of carbonyl (C=O) groups is 2. The first-order valence-corrected chi connectivity index (χ1v) is 9.72. The lowest BCUT2D eigenvalue weighted by atomic mass is 10.1. The van der Waals surface area contributed by atoms with Crippen molar-refractivity contribution < 1.29 is 18.7 Å². The number of nitrogens with one attached hydrogen (secondary N) is 1. The number of amides is 1. The molecule has 5 nitrogen and oxygen atoms in total. The minimum atomic E-state index is -0.584. The molecule has 0 saturated carbocycles. The van der Waals surface area contributed by atoms with Crippen LogP contribution in [-0.2, 0) is 16.1 Å². The van der Waals surface area contributed by atoms with Crippen LogP contribution in [0.1, 0.15) is 28.0 Å². The van der Waals surface area contributed by atoms with Gasteiger partial charge in [0.1, 0.15) is 12.4 Å². The number of aryl methyl sites for hydroxylation is 1. The molecule has 0 bridgehead atoms. The lowest BCUT2D eigenvalue weighted by Gasteiger charge is -2.09. The molecule has 0 saturated heterocycles. The summed E-state index contributed by atoms with van der Waals surface area (Å²) in [5.74, 6) is -1.52. The van der Waals surface area contributed by atoms with E-state index < -0.39 is 17.7 Å². The van der Waals surface area contributed by atoms with Crippen molar-refractivity contribution in [1.29, 1.82) is 0 Å². The van der Waals surface area contributed by atoms with E-state index in [1.165, 1.54) is 12.1 Å². The summed E-state index contributed by atoms with van der Waals surface area (Å²) in [6, 6.07) is 16.6. The topological polar surface area (TPSA) is 68.3 Å². The molecular formula is C23H20ClFN2O3. The first-order chi connectivity index (χ1) is 14.4. The lowest BCUT2D eigenvalue weighted by molar-refractivity contribution is -0.144. The highest BCUT2D eigenvalue weighted by Crippen LogP contribution is 2.27. The number of halogens is 2. The molecule has 0 spiro atoms. The minimum absolute atomic E-state index is 0.00596. The Bertz CT molecular complexity index is 1060. The zero-order valence-electron chi connectivity index (χ0n) is 16.3. The fourth-order valence-corrected chi connectivity index (χ4v) is 3.00. The average molecular weight is 427 g/mol. The van der Waals surface area contributed by atoms with Gasteiger partial charge >= 0.3 is 5.97 Å². The van der Waals surface area contributed by atoms with Crippen LogP contribution in [0.15, 0.2) is 60.7 Å². The monoisotopic (exact) mass is 426 g/mol. The van der Waals surface area contributed by atoms with E-state index in [-0.39, 0.29) is 25.1 Å². The number of hydrogen-bond acceptors (Lipinski definition) is 4. The largest absolute Gasteiger partial charge is 0.461 e. The molecule has 1 amide bonds. The minimum Gasteiger partial charge on any atom is -0.461 e. The molecule has 30 heavy (non-hydrogen) atoms. The predicted molar refractivity (Wildman–Crippen MR) is 113 cm³/mol. The van der Waals surface area contributed by atoms with Crippen molar-refractivity contribution in [1.82, 2.24) is 10.3 Å². The van der Waals surface area contributed by atoms with Crippen LogP contribution in [0, 0.1) is 12.7 Å². The lowest BCUT2D eigenvalue weighted by Crippen LogP contribution is -2.26. The Labute approximate surface area is 178 Å². The summed E-state index contributed by atoms with van der Waals surface area (Å²) in [6.45, 7) is 2.04. The Morgan fingerprint density at radius 1 is 1.10 bits per heavy atom. The van der Waals surface area contributed by atoms with Gasteiger partial charge in [0.15, 0.2) is 0 Å². The number of pyridine rings is 1. The molecule has 1 heterocycles. The van der Waals surface area contributed by atoms with Gasteiger partial charge in [-0.05, 0) is 42.8 Å². The fraction of sp³-hybridized carbons (Fsp3) is 0.174. The van der Waals surface area contributed by atoms with Gasteiger partial charge in [0.05, 0.1) is 17.1 Å². The molecule has 0 aliphatic rings. The number of hydrogen-bond donors (Lipinski definition) is 1. The van der Waals surface area contributed by atoms with Crippen molar-refractivity contribution in [2.24, 2.45) is 0 Å². The van der Waals surface area contributed by atoms with Crippen LogP contribution in [-0.4, -0.2) is 23.4 Å². The molecule has 0 fully saturated rings. The third-order valence-corrected chi connectivity index (χ3v) is 4.58. The van der Waals surface area contributed by atoms with Crippen molar-refractivity contribution in [3.05, 3.63) is 88.3 Å². The summed E-state index contributed by atoms with van der Waals surface area (Å²) in [4.78, 5) is 28.6. The van der Waals surface area contributed by atoms with Gasteiger partial charge in [-0.15, -0.1) is 0 Å². The molecular weight excluding hydrogens is 407 g/mol. The highest BCUT2D eigenvalue weighted by atomic mass is 35.5. The van der Waals surface area contributed by atoms with Crippen LogP contribution in [0.5, 0.6) is 0 Å². The summed E-state index contributed by atoms with van der Waals surface area (Å²) >= 11 is 6.17. The maximum Gasteiger partial charge on any atom is 0.307 e. The van der Waals surface area contributed by atoms with Gasteiger partial charge < -0.3 is 10.1 Å². The Morgan fingerprint density at radius 2 is 1.87 bits per heavy atom. The highest BCUT2D eigenvalue weighted by Gasteiger charge is 2.13. The maximum atomic E-state index is 14.1. The van der Waals surface area contributed by atoms with E-state index in [0.29, 0.717) is 16.3 Å². The second kappa shape index (κ2) is 9.98. The third-order valence-electron chi connectivity index (χ3n) is 4.28. The van der Waals surface area contributed by atoms with Crippen molar-refractivity contribution in [3.8, 4) is 11.3 Å². The van der Waals surface area contributed by atoms with Crippen molar-refractivity contribution >= 4 is 23.5 Å². The zero-order chi connectivity index (χ0) is 21.5. The zero-order valence-corrected chi connectivity index (χ0v) is 17.1. The summed E-state index contributed by atoms with van der Waals surface area (Å²) < 4.78 is 19.3. The Kier molecular flexibility index (Phi) is 7.14. The van der Waals surface area contributed by atoms with Gasteiger partial charge in [0.2, 0.25) is 0 Å². The molecule has 0 aliphatic carbocycles. The number of benzene rings is 2. The Balaban J connectivity index is 1.58. The normalized spacial score (nSPS) is 10.5. The van der Waals surface area contributed by atoms with E-state index >= 15 is 0 Å². The summed E-state index contributed by atoms with van der Waals surface area (Å²) in [5, 5.41) is 2.96. The van der Waals surface area contributed by atoms with E-state index in [2.05, 4.69) is 10.3 Å². The smallest absolute Gasteiger partial charge is 0.307 e. The second-order valence-electron chi connectivity index (χ2n) is 6.66. The average Bonchev–Trinajstić information content (AvgIpc) is 2.74. The standard InChI is InChI=1S/C23H20ClFN2O3/c1-15-7-8-20(24)22(27-15)17-11-18(13-19(25)12-17)23(29)26-10-9-21(28)30-14-16-5-3-2-4-6-16/h2-8,11-13H,9-10,14H2,1H3,(H,26,29). The van der Waals surface area contributed by atoms with Gasteiger partial charge in [-0.3, -0.25) is 14.6 Å². The first-order valence-electron chi connectivity index (χ1n) is 9.34. The van der Waals surface area contributed by atoms with E-state index in [1.54, 1.807) is 19.1 Å². The molecule has 3 aromatic rings. The Hall–Kier alpha value is -3.25. The molecule has 7 heteroatoms. The quantitative estimate of drug-likeness (QED) is 0.555. The van der Waals surface area contributed by atoms with E-state index in [4.69, 9.17) is 16.3 Å². The molecule has 1 aromatic heterocycles. The fourth-order valence-electron chi connectivity index (χ4n) is 2.79. The first kappa shape index (κ1) is 21.5. The van der Waals surface area contributed by atoms with Crippen LogP contribution < -0.4 is 5.32 Å². The maximum absolute atomic E-state index is 14.1.